The van der Waals surface area contributed by atoms with E-state index in [1.54, 1.807) is 6.20 Å². The van der Waals surface area contributed by atoms with Crippen LogP contribution in [-0.4, -0.2) is 24.0 Å². The summed E-state index contributed by atoms with van der Waals surface area (Å²) in [4.78, 5) is 19.4. The van der Waals surface area contributed by atoms with Crippen LogP contribution in [0.25, 0.3) is 10.9 Å². The number of benzene rings is 2. The lowest BCUT2D eigenvalue weighted by atomic mass is 10.1. The summed E-state index contributed by atoms with van der Waals surface area (Å²) in [5.41, 5.74) is 3.47. The number of nitrogens with one attached hydrogen (secondary N) is 1. The first-order valence-corrected chi connectivity index (χ1v) is 10.2. The highest BCUT2D eigenvalue weighted by Gasteiger charge is 2.10. The minimum absolute atomic E-state index is 0.114. The Kier molecular flexibility index (Phi) is 7.01. The first-order chi connectivity index (χ1) is 13.7. The van der Waals surface area contributed by atoms with Crippen LogP contribution >= 0.6 is 0 Å². The van der Waals surface area contributed by atoms with Crippen molar-refractivity contribution in [2.75, 3.05) is 23.3 Å². The maximum absolute atomic E-state index is 12.6. The number of aromatic nitrogens is 1. The number of pyridine rings is 1. The molecule has 0 atom stereocenters. The Bertz CT molecular complexity index is 897. The number of fused-ring (bicyclic) bond motifs is 1. The van der Waals surface area contributed by atoms with Crippen LogP contribution in [0, 0.1) is 0 Å². The van der Waals surface area contributed by atoms with E-state index < -0.39 is 0 Å². The Balaban J connectivity index is 1.69. The van der Waals surface area contributed by atoms with Gasteiger partial charge in [-0.25, -0.2) is 0 Å². The zero-order valence-corrected chi connectivity index (χ0v) is 16.8. The summed E-state index contributed by atoms with van der Waals surface area (Å²) in [6.07, 6.45) is 6.43. The van der Waals surface area contributed by atoms with Gasteiger partial charge in [-0.1, -0.05) is 44.9 Å². The lowest BCUT2D eigenvalue weighted by molar-refractivity contribution is 0.102. The van der Waals surface area contributed by atoms with Crippen molar-refractivity contribution in [3.05, 3.63) is 66.4 Å². The number of hydrogen-bond acceptors (Lipinski definition) is 3. The smallest absolute Gasteiger partial charge is 0.255 e. The monoisotopic (exact) mass is 375 g/mol. The highest BCUT2D eigenvalue weighted by molar-refractivity contribution is 6.05. The van der Waals surface area contributed by atoms with Gasteiger partial charge in [0.2, 0.25) is 0 Å². The van der Waals surface area contributed by atoms with Gasteiger partial charge in [-0.2, -0.15) is 0 Å². The zero-order chi connectivity index (χ0) is 19.8. The minimum Gasteiger partial charge on any atom is -0.372 e. The number of hydrogen-bond donors (Lipinski definition) is 1. The second-order valence-corrected chi connectivity index (χ2v) is 7.11. The van der Waals surface area contributed by atoms with Crippen molar-refractivity contribution in [3.8, 4) is 0 Å². The van der Waals surface area contributed by atoms with E-state index in [2.05, 4.69) is 41.2 Å². The molecule has 1 heterocycles. The maximum Gasteiger partial charge on any atom is 0.255 e. The van der Waals surface area contributed by atoms with Gasteiger partial charge < -0.3 is 10.2 Å². The van der Waals surface area contributed by atoms with Crippen molar-refractivity contribution < 1.29 is 4.79 Å². The van der Waals surface area contributed by atoms with Crippen LogP contribution in [0.2, 0.25) is 0 Å². The van der Waals surface area contributed by atoms with Crippen LogP contribution in [0.15, 0.2) is 60.8 Å². The molecule has 4 heteroatoms. The van der Waals surface area contributed by atoms with E-state index >= 15 is 0 Å². The Labute approximate surface area is 167 Å². The quantitative estimate of drug-likeness (QED) is 0.507. The van der Waals surface area contributed by atoms with Gasteiger partial charge in [-0.15, -0.1) is 0 Å². The molecule has 4 nitrogen and oxygen atoms in total. The molecule has 0 aliphatic carbocycles. The average molecular weight is 376 g/mol. The highest BCUT2D eigenvalue weighted by Crippen LogP contribution is 2.19. The lowest BCUT2D eigenvalue weighted by Gasteiger charge is -2.24. The average Bonchev–Trinajstić information content (AvgIpc) is 2.74. The number of anilines is 2. The fraction of sp³-hybridized carbons (Fsp3) is 0.333. The third-order valence-corrected chi connectivity index (χ3v) is 4.91. The molecule has 1 amide bonds. The molecule has 3 rings (SSSR count). The molecule has 0 unspecified atom stereocenters. The molecular formula is C24H29N3O. The fourth-order valence-electron chi connectivity index (χ4n) is 3.23. The van der Waals surface area contributed by atoms with Gasteiger partial charge in [-0.3, -0.25) is 9.78 Å². The molecule has 2 aromatic carbocycles. The van der Waals surface area contributed by atoms with Crippen LogP contribution in [0.3, 0.4) is 0 Å². The van der Waals surface area contributed by atoms with E-state index in [9.17, 15) is 4.79 Å². The first-order valence-electron chi connectivity index (χ1n) is 10.2. The van der Waals surface area contributed by atoms with Gasteiger partial charge >= 0.3 is 0 Å². The minimum atomic E-state index is -0.114. The van der Waals surface area contributed by atoms with Gasteiger partial charge in [0, 0.05) is 29.7 Å². The largest absolute Gasteiger partial charge is 0.372 e. The predicted molar refractivity (Wildman–Crippen MR) is 118 cm³/mol. The number of rotatable bonds is 9. The Morgan fingerprint density at radius 1 is 0.964 bits per heavy atom. The molecule has 28 heavy (non-hydrogen) atoms. The summed E-state index contributed by atoms with van der Waals surface area (Å²) in [7, 11) is 0. The summed E-state index contributed by atoms with van der Waals surface area (Å²) in [5.74, 6) is -0.114. The Morgan fingerprint density at radius 2 is 1.64 bits per heavy atom. The first kappa shape index (κ1) is 19.9. The number of carbonyl (C=O) groups is 1. The maximum atomic E-state index is 12.6. The summed E-state index contributed by atoms with van der Waals surface area (Å²) < 4.78 is 0. The van der Waals surface area contributed by atoms with Crippen LogP contribution in [0.5, 0.6) is 0 Å². The van der Waals surface area contributed by atoms with E-state index in [-0.39, 0.29) is 5.91 Å². The SMILES string of the molecule is CCCCN(CCCC)c1ccc(C(=O)Nc2cnc3ccccc3c2)cc1. The summed E-state index contributed by atoms with van der Waals surface area (Å²) >= 11 is 0. The molecule has 3 aromatic rings. The second kappa shape index (κ2) is 9.88. The molecule has 146 valence electrons. The molecule has 1 N–H and O–H groups in total. The standard InChI is InChI=1S/C24H29N3O/c1-3-5-15-27(16-6-4-2)22-13-11-19(12-14-22)24(28)26-21-17-20-9-7-8-10-23(20)25-18-21/h7-14,17-18H,3-6,15-16H2,1-2H3,(H,26,28). The molecule has 0 bridgehead atoms. The predicted octanol–water partition coefficient (Wildman–Crippen LogP) is 5.89. The van der Waals surface area contributed by atoms with Crippen molar-refractivity contribution in [1.29, 1.82) is 0 Å². The molecule has 0 radical (unpaired) electrons. The number of nitrogens with zero attached hydrogens (tertiary/aromatic N) is 2. The van der Waals surface area contributed by atoms with Crippen LogP contribution < -0.4 is 10.2 Å². The van der Waals surface area contributed by atoms with Gasteiger partial charge in [0.1, 0.15) is 0 Å². The molecule has 0 saturated heterocycles. The van der Waals surface area contributed by atoms with Crippen molar-refractivity contribution >= 4 is 28.2 Å². The number of para-hydroxylation sites is 1. The van der Waals surface area contributed by atoms with E-state index in [0.29, 0.717) is 11.3 Å². The third kappa shape index (κ3) is 5.10. The number of carbonyl (C=O) groups excluding carboxylic acids is 1. The van der Waals surface area contributed by atoms with Crippen LogP contribution in [0.4, 0.5) is 11.4 Å². The third-order valence-electron chi connectivity index (χ3n) is 4.91. The van der Waals surface area contributed by atoms with Crippen molar-refractivity contribution in [2.45, 2.75) is 39.5 Å². The van der Waals surface area contributed by atoms with Crippen molar-refractivity contribution in [2.24, 2.45) is 0 Å². The summed E-state index contributed by atoms with van der Waals surface area (Å²) in [6, 6.07) is 17.8. The molecule has 0 saturated carbocycles. The summed E-state index contributed by atoms with van der Waals surface area (Å²) in [5, 5.41) is 3.96. The van der Waals surface area contributed by atoms with E-state index in [1.165, 1.54) is 31.4 Å². The molecular weight excluding hydrogens is 346 g/mol. The van der Waals surface area contributed by atoms with Crippen LogP contribution in [-0.2, 0) is 0 Å². The van der Waals surface area contributed by atoms with Gasteiger partial charge in [-0.05, 0) is 49.2 Å². The number of amides is 1. The van der Waals surface area contributed by atoms with E-state index in [1.807, 2.05) is 42.5 Å². The van der Waals surface area contributed by atoms with Crippen molar-refractivity contribution in [1.82, 2.24) is 4.98 Å². The van der Waals surface area contributed by atoms with E-state index in [0.717, 1.165) is 24.0 Å². The van der Waals surface area contributed by atoms with E-state index in [4.69, 9.17) is 0 Å². The Hall–Kier alpha value is -2.88. The van der Waals surface area contributed by atoms with Gasteiger partial charge in [0.15, 0.2) is 0 Å². The summed E-state index contributed by atoms with van der Waals surface area (Å²) in [6.45, 7) is 6.55. The molecule has 1 aromatic heterocycles. The Morgan fingerprint density at radius 3 is 2.32 bits per heavy atom. The van der Waals surface area contributed by atoms with Crippen LogP contribution in [0.1, 0.15) is 49.9 Å². The molecule has 0 aliphatic rings. The molecule has 0 spiro atoms. The zero-order valence-electron chi connectivity index (χ0n) is 16.8. The fourth-order valence-corrected chi connectivity index (χ4v) is 3.23. The lowest BCUT2D eigenvalue weighted by Crippen LogP contribution is -2.25. The normalized spacial score (nSPS) is 10.8. The van der Waals surface area contributed by atoms with Gasteiger partial charge in [0.25, 0.3) is 5.91 Å². The molecule has 0 aliphatic heterocycles. The van der Waals surface area contributed by atoms with Gasteiger partial charge in [0.05, 0.1) is 17.4 Å². The topological polar surface area (TPSA) is 45.2 Å². The number of unbranched alkanes of at least 4 members (excludes halogenated alkanes) is 2. The highest BCUT2D eigenvalue weighted by atomic mass is 16.1. The molecule has 0 fully saturated rings. The second-order valence-electron chi connectivity index (χ2n) is 7.11. The van der Waals surface area contributed by atoms with Crippen molar-refractivity contribution in [3.63, 3.8) is 0 Å².